The minimum atomic E-state index is -0.987. The Labute approximate surface area is 218 Å². The van der Waals surface area contributed by atoms with Crippen LogP contribution in [0, 0.1) is 5.82 Å². The predicted octanol–water partition coefficient (Wildman–Crippen LogP) is 4.65. The van der Waals surface area contributed by atoms with Crippen LogP contribution in [-0.2, 0) is 27.3 Å². The van der Waals surface area contributed by atoms with Crippen molar-refractivity contribution in [3.05, 3.63) is 65.5 Å². The number of nitrogens with zero attached hydrogens (tertiary/aromatic N) is 1. The highest BCUT2D eigenvalue weighted by Crippen LogP contribution is 2.15. The molecule has 0 bridgehead atoms. The van der Waals surface area contributed by atoms with E-state index in [0.29, 0.717) is 51.7 Å². The van der Waals surface area contributed by atoms with Crippen LogP contribution < -0.4 is 10.1 Å². The molecule has 2 rings (SSSR count). The largest absolute Gasteiger partial charge is 0.492 e. The molecule has 0 aliphatic carbocycles. The van der Waals surface area contributed by atoms with Gasteiger partial charge in [0.1, 0.15) is 18.2 Å². The van der Waals surface area contributed by atoms with Gasteiger partial charge in [-0.1, -0.05) is 31.2 Å². The van der Waals surface area contributed by atoms with Crippen molar-refractivity contribution in [3.63, 3.8) is 0 Å². The number of nitrogens with one attached hydrogen (secondary N) is 1. The van der Waals surface area contributed by atoms with E-state index in [1.807, 2.05) is 26.0 Å². The lowest BCUT2D eigenvalue weighted by molar-refractivity contribution is -0.149. The Morgan fingerprint density at radius 3 is 2.30 bits per heavy atom. The molecule has 8 nitrogen and oxygen atoms in total. The number of rotatable bonds is 17. The van der Waals surface area contributed by atoms with Gasteiger partial charge in [0.2, 0.25) is 0 Å². The third kappa shape index (κ3) is 11.6. The minimum absolute atomic E-state index is 0.0597. The van der Waals surface area contributed by atoms with Gasteiger partial charge in [0.05, 0.1) is 13.2 Å². The number of carboxylic acids is 1. The minimum Gasteiger partial charge on any atom is -0.492 e. The highest BCUT2D eigenvalue weighted by Gasteiger charge is 2.18. The standard InChI is InChI=1S/C28H39FN2O6/c1-4-21(3)30-28(34)31(15-6-17-35-20-23-7-11-24(29)12-8-23)16-18-37-25-13-9-22(10-14-25)19-26(27(32)33)36-5-2/h7-14,21,26H,4-6,15-20H2,1-3H3,(H,30,34)(H,32,33). The topological polar surface area (TPSA) is 97.3 Å². The second kappa shape index (κ2) is 16.6. The lowest BCUT2D eigenvalue weighted by Gasteiger charge is -2.25. The molecule has 2 unspecified atom stereocenters. The Hall–Kier alpha value is -3.17. The number of ether oxygens (including phenoxy) is 3. The van der Waals surface area contributed by atoms with Gasteiger partial charge in [-0.25, -0.2) is 14.0 Å². The van der Waals surface area contributed by atoms with Crippen LogP contribution in [0.15, 0.2) is 48.5 Å². The van der Waals surface area contributed by atoms with Crippen molar-refractivity contribution in [2.45, 2.75) is 58.8 Å². The van der Waals surface area contributed by atoms with Crippen molar-refractivity contribution in [1.29, 1.82) is 0 Å². The first-order valence-electron chi connectivity index (χ1n) is 12.8. The van der Waals surface area contributed by atoms with E-state index < -0.39 is 12.1 Å². The predicted molar refractivity (Wildman–Crippen MR) is 139 cm³/mol. The SMILES string of the molecule is CCOC(Cc1ccc(OCCN(CCCOCc2ccc(F)cc2)C(=O)NC(C)CC)cc1)C(=O)O. The highest BCUT2D eigenvalue weighted by molar-refractivity contribution is 5.74. The zero-order valence-electron chi connectivity index (χ0n) is 22.0. The number of carboxylic acid groups (broad SMARTS) is 1. The second-order valence-electron chi connectivity index (χ2n) is 8.76. The van der Waals surface area contributed by atoms with Gasteiger partial charge in [-0.3, -0.25) is 0 Å². The summed E-state index contributed by atoms with van der Waals surface area (Å²) in [6, 6.07) is 13.3. The lowest BCUT2D eigenvalue weighted by Crippen LogP contribution is -2.45. The fourth-order valence-corrected chi connectivity index (χ4v) is 3.48. The molecular weight excluding hydrogens is 479 g/mol. The van der Waals surface area contributed by atoms with E-state index in [0.717, 1.165) is 17.5 Å². The van der Waals surface area contributed by atoms with Crippen LogP contribution in [0.5, 0.6) is 5.75 Å². The third-order valence-corrected chi connectivity index (χ3v) is 5.79. The fourth-order valence-electron chi connectivity index (χ4n) is 3.48. The first-order valence-corrected chi connectivity index (χ1v) is 12.8. The number of halogens is 1. The van der Waals surface area contributed by atoms with E-state index in [1.54, 1.807) is 36.1 Å². The molecule has 9 heteroatoms. The van der Waals surface area contributed by atoms with E-state index in [2.05, 4.69) is 5.32 Å². The average molecular weight is 519 g/mol. The van der Waals surface area contributed by atoms with Crippen molar-refractivity contribution < 1.29 is 33.3 Å². The molecule has 0 saturated carbocycles. The molecule has 0 heterocycles. The molecule has 0 aromatic heterocycles. The molecule has 2 aromatic rings. The molecule has 0 aliphatic rings. The zero-order chi connectivity index (χ0) is 27.0. The molecule has 37 heavy (non-hydrogen) atoms. The maximum absolute atomic E-state index is 13.0. The summed E-state index contributed by atoms with van der Waals surface area (Å²) in [5, 5.41) is 12.2. The maximum atomic E-state index is 13.0. The van der Waals surface area contributed by atoms with Crippen LogP contribution in [0.1, 0.15) is 44.7 Å². The van der Waals surface area contributed by atoms with Gasteiger partial charge in [0.15, 0.2) is 6.10 Å². The fraction of sp³-hybridized carbons (Fsp3) is 0.500. The summed E-state index contributed by atoms with van der Waals surface area (Å²) in [5.74, 6) is -0.631. The normalized spacial score (nSPS) is 12.5. The van der Waals surface area contributed by atoms with Gasteiger partial charge in [-0.05, 0) is 62.1 Å². The monoisotopic (exact) mass is 518 g/mol. The summed E-state index contributed by atoms with van der Waals surface area (Å²) >= 11 is 0. The van der Waals surface area contributed by atoms with E-state index in [1.165, 1.54) is 12.1 Å². The molecule has 2 aromatic carbocycles. The number of amides is 2. The molecule has 0 aliphatic heterocycles. The van der Waals surface area contributed by atoms with E-state index >= 15 is 0 Å². The van der Waals surface area contributed by atoms with Gasteiger partial charge in [0, 0.05) is 32.2 Å². The summed E-state index contributed by atoms with van der Waals surface area (Å²) in [5.41, 5.74) is 1.73. The molecule has 2 atom stereocenters. The first kappa shape index (κ1) is 30.1. The van der Waals surface area contributed by atoms with Crippen LogP contribution >= 0.6 is 0 Å². The number of urea groups is 1. The molecule has 0 fully saturated rings. The number of carbonyl (C=O) groups excluding carboxylic acids is 1. The smallest absolute Gasteiger partial charge is 0.333 e. The molecular formula is C28H39FN2O6. The van der Waals surface area contributed by atoms with E-state index in [-0.39, 0.29) is 24.3 Å². The Morgan fingerprint density at radius 1 is 1.00 bits per heavy atom. The first-order chi connectivity index (χ1) is 17.8. The Balaban J connectivity index is 1.82. The van der Waals surface area contributed by atoms with E-state index in [9.17, 15) is 19.1 Å². The Bertz CT molecular complexity index is 939. The number of benzene rings is 2. The quantitative estimate of drug-likeness (QED) is 0.296. The third-order valence-electron chi connectivity index (χ3n) is 5.79. The lowest BCUT2D eigenvalue weighted by atomic mass is 10.1. The summed E-state index contributed by atoms with van der Waals surface area (Å²) < 4.78 is 29.8. The van der Waals surface area contributed by atoms with Crippen LogP contribution in [0.3, 0.4) is 0 Å². The van der Waals surface area contributed by atoms with Crippen molar-refractivity contribution in [3.8, 4) is 5.75 Å². The molecule has 0 spiro atoms. The average Bonchev–Trinajstić information content (AvgIpc) is 2.88. The summed E-state index contributed by atoms with van der Waals surface area (Å²) in [6.07, 6.45) is 0.869. The van der Waals surface area contributed by atoms with Crippen LogP contribution in [0.4, 0.5) is 9.18 Å². The van der Waals surface area contributed by atoms with Crippen molar-refractivity contribution in [1.82, 2.24) is 10.2 Å². The second-order valence-corrected chi connectivity index (χ2v) is 8.76. The molecule has 0 saturated heterocycles. The molecule has 204 valence electrons. The Morgan fingerprint density at radius 2 is 1.68 bits per heavy atom. The van der Waals surface area contributed by atoms with Crippen molar-refractivity contribution in [2.24, 2.45) is 0 Å². The number of aliphatic carboxylic acids is 1. The summed E-state index contributed by atoms with van der Waals surface area (Å²) in [6.45, 7) is 8.12. The molecule has 0 radical (unpaired) electrons. The van der Waals surface area contributed by atoms with Gasteiger partial charge < -0.3 is 29.5 Å². The molecule has 2 N–H and O–H groups in total. The number of hydrogen-bond donors (Lipinski definition) is 2. The number of hydrogen-bond acceptors (Lipinski definition) is 5. The number of carbonyl (C=O) groups is 2. The van der Waals surface area contributed by atoms with E-state index in [4.69, 9.17) is 14.2 Å². The van der Waals surface area contributed by atoms with Crippen molar-refractivity contribution >= 4 is 12.0 Å². The van der Waals surface area contributed by atoms with Crippen LogP contribution in [0.2, 0.25) is 0 Å². The maximum Gasteiger partial charge on any atom is 0.333 e. The van der Waals surface area contributed by atoms with Gasteiger partial charge in [-0.2, -0.15) is 0 Å². The highest BCUT2D eigenvalue weighted by atomic mass is 19.1. The summed E-state index contributed by atoms with van der Waals surface area (Å²) in [4.78, 5) is 25.7. The zero-order valence-corrected chi connectivity index (χ0v) is 22.0. The van der Waals surface area contributed by atoms with Crippen LogP contribution in [0.25, 0.3) is 0 Å². The summed E-state index contributed by atoms with van der Waals surface area (Å²) in [7, 11) is 0. The van der Waals surface area contributed by atoms with Crippen LogP contribution in [-0.4, -0.2) is 67.1 Å². The Kier molecular flexibility index (Phi) is 13.4. The molecule has 2 amide bonds. The van der Waals surface area contributed by atoms with Crippen molar-refractivity contribution in [2.75, 3.05) is 32.9 Å². The van der Waals surface area contributed by atoms with Gasteiger partial charge >= 0.3 is 12.0 Å². The van der Waals surface area contributed by atoms with Gasteiger partial charge in [0.25, 0.3) is 0 Å². The van der Waals surface area contributed by atoms with Gasteiger partial charge in [-0.15, -0.1) is 0 Å².